The van der Waals surface area contributed by atoms with E-state index in [0.29, 0.717) is 18.4 Å². The number of hydrogen-bond acceptors (Lipinski definition) is 6. The highest BCUT2D eigenvalue weighted by atomic mass is 79.9. The van der Waals surface area contributed by atoms with Gasteiger partial charge in [0, 0.05) is 10.9 Å². The Balaban J connectivity index is 2.47. The minimum Gasteiger partial charge on any atom is -0.548 e. The monoisotopic (exact) mass is 458 g/mol. The highest BCUT2D eigenvalue weighted by Gasteiger charge is 2.58. The summed E-state index contributed by atoms with van der Waals surface area (Å²) in [6.07, 6.45) is 3.68. The van der Waals surface area contributed by atoms with E-state index < -0.39 is 40.8 Å². The van der Waals surface area contributed by atoms with E-state index in [4.69, 9.17) is 9.47 Å². The van der Waals surface area contributed by atoms with Crippen LogP contribution in [0.25, 0.3) is 0 Å². The van der Waals surface area contributed by atoms with Crippen LogP contribution in [0.3, 0.4) is 0 Å². The number of esters is 1. The van der Waals surface area contributed by atoms with E-state index in [1.807, 2.05) is 0 Å². The van der Waals surface area contributed by atoms with Crippen LogP contribution in [0.4, 0.5) is 4.79 Å². The predicted octanol–water partition coefficient (Wildman–Crippen LogP) is 2.70. The number of carbonyl (C=O) groups is 3. The molecule has 1 amide bonds. The summed E-state index contributed by atoms with van der Waals surface area (Å²) in [5.74, 6) is -1.79. The minimum absolute atomic E-state index is 0.198. The number of cyclic esters (lactones) is 1. The zero-order valence-electron chi connectivity index (χ0n) is 17.2. The molecule has 0 saturated carbocycles. The van der Waals surface area contributed by atoms with Gasteiger partial charge < -0.3 is 19.4 Å². The van der Waals surface area contributed by atoms with Gasteiger partial charge in [-0.2, -0.15) is 0 Å². The molecule has 2 rings (SSSR count). The summed E-state index contributed by atoms with van der Waals surface area (Å²) in [6.45, 7) is 8.29. The second-order valence-corrected chi connectivity index (χ2v) is 9.58. The van der Waals surface area contributed by atoms with Gasteiger partial charge in [-0.15, -0.1) is 0 Å². The topological polar surface area (TPSA) is 96.0 Å². The number of nitrogens with zero attached hydrogens (tertiary/aromatic N) is 1. The van der Waals surface area contributed by atoms with Gasteiger partial charge in [0.1, 0.15) is 5.60 Å². The number of carboxylic acids is 1. The molecule has 0 unspecified atom stereocenters. The average Bonchev–Trinajstić information content (AvgIpc) is 3.06. The van der Waals surface area contributed by atoms with Crippen molar-refractivity contribution < 1.29 is 29.0 Å². The standard InChI is InChI=1S/C20H30BrNO6/c1-13-12-20(27-15(13)23,9-6-7-11-21)14-8-10-19(5,16(24)25)22(14)17(26)28-18(2,3)4/h12,14H,6-11H2,1-5H3,(H,24,25)/p-1/t14-,19-,20-/m0/s1. The Morgan fingerprint density at radius 2 is 2.04 bits per heavy atom. The molecule has 0 spiro atoms. The highest BCUT2D eigenvalue weighted by Crippen LogP contribution is 2.45. The van der Waals surface area contributed by atoms with E-state index in [9.17, 15) is 19.5 Å². The van der Waals surface area contributed by atoms with Crippen molar-refractivity contribution in [3.63, 3.8) is 0 Å². The molecular formula is C20H29BrNO6-. The molecule has 28 heavy (non-hydrogen) atoms. The van der Waals surface area contributed by atoms with Gasteiger partial charge >= 0.3 is 12.1 Å². The van der Waals surface area contributed by atoms with E-state index in [2.05, 4.69) is 15.9 Å². The van der Waals surface area contributed by atoms with Gasteiger partial charge in [0.15, 0.2) is 5.60 Å². The highest BCUT2D eigenvalue weighted by molar-refractivity contribution is 9.09. The number of rotatable bonds is 6. The van der Waals surface area contributed by atoms with E-state index in [1.54, 1.807) is 33.8 Å². The summed E-state index contributed by atoms with van der Waals surface area (Å²) in [5.41, 5.74) is -2.93. The van der Waals surface area contributed by atoms with Crippen molar-refractivity contribution >= 4 is 34.0 Å². The zero-order chi connectivity index (χ0) is 21.3. The number of likely N-dealkylation sites (tertiary alicyclic amines) is 1. The summed E-state index contributed by atoms with van der Waals surface area (Å²) in [6, 6.07) is -0.637. The minimum atomic E-state index is -1.54. The number of aliphatic carboxylic acids is 1. The number of halogens is 1. The predicted molar refractivity (Wildman–Crippen MR) is 105 cm³/mol. The van der Waals surface area contributed by atoms with Crippen molar-refractivity contribution in [3.8, 4) is 0 Å². The molecule has 0 aromatic rings. The van der Waals surface area contributed by atoms with Gasteiger partial charge in [-0.3, -0.25) is 4.90 Å². The lowest BCUT2D eigenvalue weighted by Crippen LogP contribution is -2.63. The van der Waals surface area contributed by atoms with E-state index in [-0.39, 0.29) is 6.42 Å². The van der Waals surface area contributed by atoms with Crippen LogP contribution >= 0.6 is 15.9 Å². The lowest BCUT2D eigenvalue weighted by molar-refractivity contribution is -0.317. The Morgan fingerprint density at radius 3 is 2.50 bits per heavy atom. The SMILES string of the molecule is CC1=C[C@@](CCCCBr)([C@@H]2CC[C@@](C)(C(=O)[O-])N2C(=O)OC(C)(C)C)OC1=O. The largest absolute Gasteiger partial charge is 0.548 e. The molecule has 0 aliphatic carbocycles. The van der Waals surface area contributed by atoms with Gasteiger partial charge in [0.2, 0.25) is 0 Å². The molecular weight excluding hydrogens is 430 g/mol. The fourth-order valence-corrected chi connectivity index (χ4v) is 4.37. The fourth-order valence-electron chi connectivity index (χ4n) is 3.97. The molecule has 1 saturated heterocycles. The van der Waals surface area contributed by atoms with E-state index >= 15 is 0 Å². The Kier molecular flexibility index (Phi) is 6.53. The van der Waals surface area contributed by atoms with Crippen molar-refractivity contribution in [1.82, 2.24) is 4.90 Å². The Morgan fingerprint density at radius 1 is 1.39 bits per heavy atom. The van der Waals surface area contributed by atoms with Crippen molar-refractivity contribution in [2.75, 3.05) is 5.33 Å². The molecule has 2 heterocycles. The van der Waals surface area contributed by atoms with Gasteiger partial charge in [-0.1, -0.05) is 15.9 Å². The fraction of sp³-hybridized carbons (Fsp3) is 0.750. The van der Waals surface area contributed by atoms with Crippen LogP contribution in [0.2, 0.25) is 0 Å². The number of alkyl halides is 1. The summed E-state index contributed by atoms with van der Waals surface area (Å²) >= 11 is 3.40. The molecule has 0 radical (unpaired) electrons. The molecule has 7 nitrogen and oxygen atoms in total. The first-order chi connectivity index (χ1) is 12.9. The Hall–Kier alpha value is -1.57. The van der Waals surface area contributed by atoms with Crippen LogP contribution in [0.15, 0.2) is 11.6 Å². The number of ether oxygens (including phenoxy) is 2. The van der Waals surface area contributed by atoms with Crippen LogP contribution < -0.4 is 5.11 Å². The maximum Gasteiger partial charge on any atom is 0.411 e. The molecule has 8 heteroatoms. The first kappa shape index (κ1) is 22.7. The summed E-state index contributed by atoms with van der Waals surface area (Å²) in [7, 11) is 0. The summed E-state index contributed by atoms with van der Waals surface area (Å²) < 4.78 is 11.3. The van der Waals surface area contributed by atoms with Crippen molar-refractivity contribution in [2.24, 2.45) is 0 Å². The third-order valence-electron chi connectivity index (χ3n) is 5.36. The number of amides is 1. The van der Waals surface area contributed by atoms with Gasteiger partial charge in [-0.25, -0.2) is 9.59 Å². The number of carboxylic acid groups (broad SMARTS) is 1. The first-order valence-electron chi connectivity index (χ1n) is 9.59. The summed E-state index contributed by atoms with van der Waals surface area (Å²) in [4.78, 5) is 38.4. The Labute approximate surface area is 174 Å². The quantitative estimate of drug-likeness (QED) is 0.344. The van der Waals surface area contributed by atoms with Crippen LogP contribution in [0, 0.1) is 0 Å². The average molecular weight is 459 g/mol. The maximum absolute atomic E-state index is 13.0. The number of unbranched alkanes of at least 4 members (excludes halogenated alkanes) is 1. The molecule has 0 aromatic carbocycles. The van der Waals surface area contributed by atoms with Crippen molar-refractivity contribution in [3.05, 3.63) is 11.6 Å². The Bertz CT molecular complexity index is 685. The van der Waals surface area contributed by atoms with Crippen molar-refractivity contribution in [2.45, 2.75) is 89.5 Å². The molecule has 2 aliphatic rings. The third-order valence-corrected chi connectivity index (χ3v) is 5.92. The molecule has 1 fully saturated rings. The zero-order valence-corrected chi connectivity index (χ0v) is 18.8. The normalized spacial score (nSPS) is 30.2. The second-order valence-electron chi connectivity index (χ2n) is 8.78. The maximum atomic E-state index is 13.0. The third kappa shape index (κ3) is 4.36. The molecule has 158 valence electrons. The summed E-state index contributed by atoms with van der Waals surface area (Å²) in [5, 5.41) is 12.8. The number of hydrogen-bond donors (Lipinski definition) is 0. The molecule has 0 aromatic heterocycles. The molecule has 3 atom stereocenters. The molecule has 0 N–H and O–H groups in total. The first-order valence-corrected chi connectivity index (χ1v) is 10.7. The second kappa shape index (κ2) is 8.05. The van der Waals surface area contributed by atoms with Crippen molar-refractivity contribution in [1.29, 1.82) is 0 Å². The van der Waals surface area contributed by atoms with Crippen LogP contribution in [0.1, 0.15) is 66.7 Å². The molecule has 0 bridgehead atoms. The van der Waals surface area contributed by atoms with Gasteiger partial charge in [0.05, 0.1) is 17.6 Å². The smallest absolute Gasteiger partial charge is 0.411 e. The van der Waals surface area contributed by atoms with Crippen LogP contribution in [-0.4, -0.2) is 51.0 Å². The number of carbonyl (C=O) groups excluding carboxylic acids is 3. The van der Waals surface area contributed by atoms with Crippen LogP contribution in [0.5, 0.6) is 0 Å². The van der Waals surface area contributed by atoms with Gasteiger partial charge in [0.25, 0.3) is 0 Å². The van der Waals surface area contributed by atoms with Crippen LogP contribution in [-0.2, 0) is 19.1 Å². The van der Waals surface area contributed by atoms with E-state index in [0.717, 1.165) is 18.2 Å². The lowest BCUT2D eigenvalue weighted by atomic mass is 9.86. The molecule has 2 aliphatic heterocycles. The van der Waals surface area contributed by atoms with E-state index in [1.165, 1.54) is 11.8 Å². The van der Waals surface area contributed by atoms with Gasteiger partial charge in [-0.05, 0) is 72.8 Å². The lowest BCUT2D eigenvalue weighted by Gasteiger charge is -2.44.